The van der Waals surface area contributed by atoms with E-state index in [2.05, 4.69) is 5.32 Å². The zero-order valence-electron chi connectivity index (χ0n) is 12.8. The molecular formula is C18H14FNO4. The maximum Gasteiger partial charge on any atom is 0.287 e. The number of hydrogen-bond acceptors (Lipinski definition) is 4. The highest BCUT2D eigenvalue weighted by atomic mass is 19.1. The lowest BCUT2D eigenvalue weighted by Gasteiger charge is -2.07. The van der Waals surface area contributed by atoms with Gasteiger partial charge in [-0.05, 0) is 18.2 Å². The molecule has 2 aromatic carbocycles. The van der Waals surface area contributed by atoms with Gasteiger partial charge in [-0.2, -0.15) is 0 Å². The highest BCUT2D eigenvalue weighted by Crippen LogP contribution is 2.19. The Morgan fingerprint density at radius 3 is 2.75 bits per heavy atom. The molecule has 0 spiro atoms. The molecule has 0 aliphatic carbocycles. The zero-order valence-corrected chi connectivity index (χ0v) is 12.8. The second kappa shape index (κ2) is 6.54. The summed E-state index contributed by atoms with van der Waals surface area (Å²) in [6.07, 6.45) is 0. The highest BCUT2D eigenvalue weighted by molar-refractivity contribution is 5.93. The quantitative estimate of drug-likeness (QED) is 0.800. The lowest BCUT2D eigenvalue weighted by molar-refractivity contribution is 0.0923. The average molecular weight is 327 g/mol. The molecule has 1 heterocycles. The fourth-order valence-corrected chi connectivity index (χ4v) is 2.28. The molecule has 122 valence electrons. The zero-order chi connectivity index (χ0) is 17.1. The second-order valence-corrected chi connectivity index (χ2v) is 5.11. The number of carbonyl (C=O) groups is 1. The first-order valence-corrected chi connectivity index (χ1v) is 7.22. The summed E-state index contributed by atoms with van der Waals surface area (Å²) in [5.41, 5.74) is 0.253. The van der Waals surface area contributed by atoms with Crippen molar-refractivity contribution in [3.05, 3.63) is 75.9 Å². The third-order valence-electron chi connectivity index (χ3n) is 3.56. The van der Waals surface area contributed by atoms with Crippen molar-refractivity contribution in [1.82, 2.24) is 5.32 Å². The van der Waals surface area contributed by atoms with Crippen LogP contribution in [0.5, 0.6) is 5.75 Å². The molecule has 3 rings (SSSR count). The van der Waals surface area contributed by atoms with E-state index in [9.17, 15) is 14.0 Å². The topological polar surface area (TPSA) is 68.5 Å². The van der Waals surface area contributed by atoms with Crippen LogP contribution in [0, 0.1) is 5.82 Å². The van der Waals surface area contributed by atoms with Gasteiger partial charge in [0.05, 0.1) is 12.5 Å². The van der Waals surface area contributed by atoms with Crippen molar-refractivity contribution >= 4 is 16.9 Å². The fraction of sp³-hybridized carbons (Fsp3) is 0.111. The van der Waals surface area contributed by atoms with Crippen LogP contribution in [0.25, 0.3) is 11.0 Å². The summed E-state index contributed by atoms with van der Waals surface area (Å²) in [7, 11) is 1.49. The van der Waals surface area contributed by atoms with Crippen LogP contribution >= 0.6 is 0 Å². The van der Waals surface area contributed by atoms with Crippen molar-refractivity contribution in [3.63, 3.8) is 0 Å². The third kappa shape index (κ3) is 3.12. The second-order valence-electron chi connectivity index (χ2n) is 5.11. The molecule has 6 heteroatoms. The number of carbonyl (C=O) groups excluding carboxylic acids is 1. The molecule has 0 unspecified atom stereocenters. The predicted octanol–water partition coefficient (Wildman–Crippen LogP) is 2.87. The number of benzene rings is 2. The Bertz CT molecular complexity index is 965. The Morgan fingerprint density at radius 1 is 1.21 bits per heavy atom. The van der Waals surface area contributed by atoms with Crippen molar-refractivity contribution < 1.29 is 18.3 Å². The van der Waals surface area contributed by atoms with E-state index in [4.69, 9.17) is 9.15 Å². The normalized spacial score (nSPS) is 10.6. The van der Waals surface area contributed by atoms with Crippen LogP contribution in [0.3, 0.4) is 0 Å². The molecule has 0 fully saturated rings. The number of ether oxygens (including phenoxy) is 1. The minimum Gasteiger partial charge on any atom is -0.497 e. The first-order valence-electron chi connectivity index (χ1n) is 7.22. The fourth-order valence-electron chi connectivity index (χ4n) is 2.28. The molecule has 5 nitrogen and oxygen atoms in total. The van der Waals surface area contributed by atoms with Crippen LogP contribution in [0.1, 0.15) is 16.1 Å². The number of fused-ring (bicyclic) bond motifs is 1. The van der Waals surface area contributed by atoms with Gasteiger partial charge in [0.1, 0.15) is 17.1 Å². The molecule has 0 radical (unpaired) electrons. The first-order chi connectivity index (χ1) is 11.6. The van der Waals surface area contributed by atoms with Crippen molar-refractivity contribution in [2.75, 3.05) is 7.11 Å². The number of rotatable bonds is 4. The van der Waals surface area contributed by atoms with Crippen LogP contribution in [0.4, 0.5) is 4.39 Å². The Labute approximate surface area is 136 Å². The summed E-state index contributed by atoms with van der Waals surface area (Å²) >= 11 is 0. The molecule has 1 amide bonds. The van der Waals surface area contributed by atoms with E-state index in [1.807, 2.05) is 0 Å². The molecule has 1 aromatic heterocycles. The number of methoxy groups -OCH3 is 1. The van der Waals surface area contributed by atoms with E-state index in [0.717, 1.165) is 6.07 Å². The standard InChI is InChI=1S/C18H14FNO4/c1-23-12-6-7-13-15(21)9-17(24-16(13)8-12)18(22)20-10-11-4-2-3-5-14(11)19/h2-9H,10H2,1H3,(H,20,22). The summed E-state index contributed by atoms with van der Waals surface area (Å²) < 4.78 is 24.1. The summed E-state index contributed by atoms with van der Waals surface area (Å²) in [5.74, 6) is -0.644. The van der Waals surface area contributed by atoms with Gasteiger partial charge in [-0.15, -0.1) is 0 Å². The molecule has 0 saturated heterocycles. The smallest absolute Gasteiger partial charge is 0.287 e. The maximum absolute atomic E-state index is 13.6. The Kier molecular flexibility index (Phi) is 4.29. The van der Waals surface area contributed by atoms with Crippen LogP contribution in [0.2, 0.25) is 0 Å². The van der Waals surface area contributed by atoms with E-state index in [1.165, 1.54) is 19.2 Å². The first kappa shape index (κ1) is 15.7. The Morgan fingerprint density at radius 2 is 2.00 bits per heavy atom. The average Bonchev–Trinajstić information content (AvgIpc) is 2.60. The minimum absolute atomic E-state index is 0.00857. The van der Waals surface area contributed by atoms with Gasteiger partial charge < -0.3 is 14.5 Å². The summed E-state index contributed by atoms with van der Waals surface area (Å²) in [6, 6.07) is 12.0. The summed E-state index contributed by atoms with van der Waals surface area (Å²) in [5, 5.41) is 2.88. The summed E-state index contributed by atoms with van der Waals surface area (Å²) in [6.45, 7) is -0.00857. The van der Waals surface area contributed by atoms with Crippen molar-refractivity contribution in [2.24, 2.45) is 0 Å². The number of amides is 1. The Hall–Kier alpha value is -3.15. The predicted molar refractivity (Wildman–Crippen MR) is 86.6 cm³/mol. The molecule has 3 aromatic rings. The molecule has 1 N–H and O–H groups in total. The van der Waals surface area contributed by atoms with Gasteiger partial charge in [-0.1, -0.05) is 18.2 Å². The summed E-state index contributed by atoms with van der Waals surface area (Å²) in [4.78, 5) is 24.3. The number of nitrogens with one attached hydrogen (secondary N) is 1. The SMILES string of the molecule is COc1ccc2c(=O)cc(C(=O)NCc3ccccc3F)oc2c1. The Balaban J connectivity index is 1.87. The van der Waals surface area contributed by atoms with E-state index >= 15 is 0 Å². The molecular weight excluding hydrogens is 313 g/mol. The largest absolute Gasteiger partial charge is 0.497 e. The van der Waals surface area contributed by atoms with E-state index < -0.39 is 11.7 Å². The molecule has 0 atom stereocenters. The highest BCUT2D eigenvalue weighted by Gasteiger charge is 2.13. The lowest BCUT2D eigenvalue weighted by atomic mass is 10.2. The van der Waals surface area contributed by atoms with Gasteiger partial charge in [0, 0.05) is 24.2 Å². The van der Waals surface area contributed by atoms with Gasteiger partial charge in [0.15, 0.2) is 11.2 Å². The van der Waals surface area contributed by atoms with Gasteiger partial charge in [-0.3, -0.25) is 9.59 Å². The van der Waals surface area contributed by atoms with Gasteiger partial charge >= 0.3 is 0 Å². The molecule has 0 saturated carbocycles. The monoisotopic (exact) mass is 327 g/mol. The number of hydrogen-bond donors (Lipinski definition) is 1. The van der Waals surface area contributed by atoms with Gasteiger partial charge in [0.2, 0.25) is 0 Å². The molecule has 24 heavy (non-hydrogen) atoms. The van der Waals surface area contributed by atoms with Crippen molar-refractivity contribution in [2.45, 2.75) is 6.54 Å². The number of halogens is 1. The molecule has 0 aliphatic rings. The van der Waals surface area contributed by atoms with Crippen molar-refractivity contribution in [1.29, 1.82) is 0 Å². The van der Waals surface area contributed by atoms with E-state index in [-0.39, 0.29) is 23.3 Å². The van der Waals surface area contributed by atoms with Gasteiger partial charge in [-0.25, -0.2) is 4.39 Å². The molecule has 0 aliphatic heterocycles. The maximum atomic E-state index is 13.6. The molecule has 0 bridgehead atoms. The van der Waals surface area contributed by atoms with Crippen molar-refractivity contribution in [3.8, 4) is 5.75 Å². The van der Waals surface area contributed by atoms with Gasteiger partial charge in [0.25, 0.3) is 5.91 Å². The van der Waals surface area contributed by atoms with Crippen LogP contribution in [-0.4, -0.2) is 13.0 Å². The van der Waals surface area contributed by atoms with E-state index in [0.29, 0.717) is 16.7 Å². The lowest BCUT2D eigenvalue weighted by Crippen LogP contribution is -2.24. The van der Waals surface area contributed by atoms with Crippen LogP contribution in [-0.2, 0) is 6.54 Å². The third-order valence-corrected chi connectivity index (χ3v) is 3.56. The van der Waals surface area contributed by atoms with E-state index in [1.54, 1.807) is 30.3 Å². The minimum atomic E-state index is -0.597. The van der Waals surface area contributed by atoms with Crippen LogP contribution < -0.4 is 15.5 Å². The van der Waals surface area contributed by atoms with Crippen LogP contribution in [0.15, 0.2) is 57.7 Å².